The van der Waals surface area contributed by atoms with Crippen molar-refractivity contribution >= 4 is 34.3 Å². The molecule has 1 aromatic heterocycles. The van der Waals surface area contributed by atoms with E-state index in [1.54, 1.807) is 14.2 Å². The first kappa shape index (κ1) is 22.5. The number of carbonyl (C=O) groups excluding carboxylic acids is 1. The van der Waals surface area contributed by atoms with Crippen molar-refractivity contribution in [2.24, 2.45) is 0 Å². The van der Waals surface area contributed by atoms with Gasteiger partial charge in [0.2, 0.25) is 5.95 Å². The molecule has 7 heteroatoms. The minimum absolute atomic E-state index is 0.194. The number of aromatic nitrogens is 2. The summed E-state index contributed by atoms with van der Waals surface area (Å²) in [4.78, 5) is 18.7. The van der Waals surface area contributed by atoms with Gasteiger partial charge in [-0.2, -0.15) is 0 Å². The van der Waals surface area contributed by atoms with Crippen LogP contribution in [0.3, 0.4) is 0 Å². The molecule has 0 bridgehead atoms. The molecular weight excluding hydrogens is 440 g/mol. The number of carbonyl (C=O) groups is 1. The first-order valence-corrected chi connectivity index (χ1v) is 11.5. The number of hydrogen-bond acceptors (Lipinski definition) is 5. The highest BCUT2D eigenvalue weighted by Crippen LogP contribution is 2.42. The van der Waals surface area contributed by atoms with E-state index in [0.717, 1.165) is 39.1 Å². The highest BCUT2D eigenvalue weighted by atomic mass is 16.5. The van der Waals surface area contributed by atoms with Gasteiger partial charge in [-0.25, -0.2) is 4.98 Å². The van der Waals surface area contributed by atoms with Crippen LogP contribution in [0.1, 0.15) is 29.7 Å². The zero-order valence-electron chi connectivity index (χ0n) is 20.5. The lowest BCUT2D eigenvalue weighted by molar-refractivity contribution is -0.113. The summed E-state index contributed by atoms with van der Waals surface area (Å²) in [6, 6.07) is 19.0. The Morgan fingerprint density at radius 1 is 1.00 bits per heavy atom. The number of rotatable bonds is 5. The number of nitrogens with zero attached hydrogens (tertiary/aromatic N) is 2. The van der Waals surface area contributed by atoms with E-state index in [2.05, 4.69) is 16.7 Å². The van der Waals surface area contributed by atoms with Crippen molar-refractivity contribution in [3.8, 4) is 11.5 Å². The van der Waals surface area contributed by atoms with Gasteiger partial charge in [-0.3, -0.25) is 9.36 Å². The van der Waals surface area contributed by atoms with Crippen LogP contribution < -0.4 is 20.1 Å². The van der Waals surface area contributed by atoms with E-state index in [0.29, 0.717) is 23.0 Å². The number of amides is 1. The van der Waals surface area contributed by atoms with E-state index < -0.39 is 6.04 Å². The zero-order valence-corrected chi connectivity index (χ0v) is 20.5. The van der Waals surface area contributed by atoms with E-state index in [-0.39, 0.29) is 5.91 Å². The fourth-order valence-corrected chi connectivity index (χ4v) is 4.73. The van der Waals surface area contributed by atoms with Gasteiger partial charge in [0.1, 0.15) is 11.5 Å². The smallest absolute Gasteiger partial charge is 0.255 e. The molecule has 3 aromatic carbocycles. The van der Waals surface area contributed by atoms with Crippen molar-refractivity contribution in [2.45, 2.75) is 26.8 Å². The fraction of sp³-hybridized carbons (Fsp3) is 0.214. The second-order valence-corrected chi connectivity index (χ2v) is 8.72. The van der Waals surface area contributed by atoms with Gasteiger partial charge in [0.25, 0.3) is 5.91 Å². The van der Waals surface area contributed by atoms with Gasteiger partial charge in [-0.05, 0) is 62.7 Å². The normalized spacial score (nSPS) is 14.9. The number of benzene rings is 3. The number of nitrogens with one attached hydrogen (secondary N) is 2. The number of allylic oxidation sites excluding steroid dienone is 1. The minimum atomic E-state index is -0.505. The first-order chi connectivity index (χ1) is 16.9. The fourth-order valence-electron chi connectivity index (χ4n) is 4.73. The Balaban J connectivity index is 1.69. The van der Waals surface area contributed by atoms with Gasteiger partial charge in [0.05, 0.1) is 36.9 Å². The quantitative estimate of drug-likeness (QED) is 0.393. The topological polar surface area (TPSA) is 77.4 Å². The average Bonchev–Trinajstić information content (AvgIpc) is 3.24. The Hall–Kier alpha value is -4.26. The number of aryl methyl sites for hydroxylation is 2. The summed E-state index contributed by atoms with van der Waals surface area (Å²) in [6.07, 6.45) is 0. The molecule has 5 rings (SSSR count). The molecule has 0 spiro atoms. The molecule has 1 aliphatic rings. The Kier molecular flexibility index (Phi) is 5.68. The third-order valence-corrected chi connectivity index (χ3v) is 6.47. The second-order valence-electron chi connectivity index (χ2n) is 8.72. The summed E-state index contributed by atoms with van der Waals surface area (Å²) < 4.78 is 13.2. The van der Waals surface area contributed by atoms with Gasteiger partial charge in [0, 0.05) is 16.9 Å². The molecule has 2 heterocycles. The number of imidazole rings is 1. The predicted molar refractivity (Wildman–Crippen MR) is 139 cm³/mol. The molecule has 35 heavy (non-hydrogen) atoms. The van der Waals surface area contributed by atoms with Crippen LogP contribution in [0.25, 0.3) is 16.7 Å². The van der Waals surface area contributed by atoms with Crippen molar-refractivity contribution in [1.29, 1.82) is 0 Å². The molecule has 1 atom stereocenters. The van der Waals surface area contributed by atoms with E-state index in [1.165, 1.54) is 0 Å². The molecule has 0 radical (unpaired) electrons. The molecule has 0 unspecified atom stereocenters. The van der Waals surface area contributed by atoms with E-state index in [4.69, 9.17) is 14.5 Å². The molecule has 2 N–H and O–H groups in total. The maximum Gasteiger partial charge on any atom is 0.255 e. The Morgan fingerprint density at radius 2 is 1.80 bits per heavy atom. The number of ether oxygens (including phenoxy) is 2. The van der Waals surface area contributed by atoms with E-state index in [1.807, 2.05) is 79.9 Å². The lowest BCUT2D eigenvalue weighted by Crippen LogP contribution is -2.30. The average molecular weight is 469 g/mol. The standard InChI is InChI=1S/C28H28N4O3/c1-16-10-12-21(17(2)14-16)29-27(33)25-18(3)32-23-9-7-6-8-22(23)30-28(32)31-26(25)20-15-19(34-4)11-13-24(20)35-5/h6-15,26H,1-5H3,(H,29,33)(H,30,31)/t26-/m1/s1. The van der Waals surface area contributed by atoms with E-state index in [9.17, 15) is 4.79 Å². The van der Waals surface area contributed by atoms with Crippen molar-refractivity contribution < 1.29 is 14.3 Å². The van der Waals surface area contributed by atoms with Gasteiger partial charge < -0.3 is 20.1 Å². The number of para-hydroxylation sites is 2. The van der Waals surface area contributed by atoms with Crippen LogP contribution in [-0.2, 0) is 4.79 Å². The Labute approximate surface area is 204 Å². The summed E-state index contributed by atoms with van der Waals surface area (Å²) in [7, 11) is 3.24. The van der Waals surface area contributed by atoms with Crippen molar-refractivity contribution in [2.75, 3.05) is 24.9 Å². The Morgan fingerprint density at radius 3 is 2.54 bits per heavy atom. The highest BCUT2D eigenvalue weighted by Gasteiger charge is 2.34. The van der Waals surface area contributed by atoms with Crippen molar-refractivity contribution in [3.05, 3.63) is 82.9 Å². The predicted octanol–water partition coefficient (Wildman–Crippen LogP) is 5.71. The molecule has 1 aliphatic heterocycles. The molecule has 178 valence electrons. The van der Waals surface area contributed by atoms with Crippen LogP contribution in [0.15, 0.2) is 66.2 Å². The molecule has 1 amide bonds. The summed E-state index contributed by atoms with van der Waals surface area (Å²) in [6.45, 7) is 5.98. The van der Waals surface area contributed by atoms with Gasteiger partial charge in [-0.15, -0.1) is 0 Å². The second kappa shape index (κ2) is 8.83. The minimum Gasteiger partial charge on any atom is -0.497 e. The number of hydrogen-bond donors (Lipinski definition) is 2. The van der Waals surface area contributed by atoms with Crippen molar-refractivity contribution in [3.63, 3.8) is 0 Å². The lowest BCUT2D eigenvalue weighted by Gasteiger charge is -2.31. The van der Waals surface area contributed by atoms with Crippen LogP contribution in [0.2, 0.25) is 0 Å². The summed E-state index contributed by atoms with van der Waals surface area (Å²) >= 11 is 0. The molecular formula is C28H28N4O3. The molecule has 0 saturated heterocycles. The van der Waals surface area contributed by atoms with Crippen LogP contribution in [0.4, 0.5) is 11.6 Å². The molecule has 0 aliphatic carbocycles. The lowest BCUT2D eigenvalue weighted by atomic mass is 9.93. The summed E-state index contributed by atoms with van der Waals surface area (Å²) in [5.41, 5.74) is 6.86. The largest absolute Gasteiger partial charge is 0.497 e. The molecule has 4 aromatic rings. The third kappa shape index (κ3) is 3.89. The highest BCUT2D eigenvalue weighted by molar-refractivity contribution is 6.10. The molecule has 0 saturated carbocycles. The number of fused-ring (bicyclic) bond motifs is 3. The van der Waals surface area contributed by atoms with Crippen LogP contribution in [0.5, 0.6) is 11.5 Å². The van der Waals surface area contributed by atoms with Gasteiger partial charge >= 0.3 is 0 Å². The summed E-state index contributed by atoms with van der Waals surface area (Å²) in [5.74, 6) is 1.80. The van der Waals surface area contributed by atoms with Crippen LogP contribution >= 0.6 is 0 Å². The van der Waals surface area contributed by atoms with E-state index >= 15 is 0 Å². The van der Waals surface area contributed by atoms with Crippen LogP contribution in [-0.4, -0.2) is 29.7 Å². The Bertz CT molecular complexity index is 1490. The maximum absolute atomic E-state index is 13.9. The third-order valence-electron chi connectivity index (χ3n) is 6.47. The van der Waals surface area contributed by atoms with Gasteiger partial charge in [0.15, 0.2) is 0 Å². The monoisotopic (exact) mass is 468 g/mol. The molecule has 0 fully saturated rings. The number of anilines is 2. The summed E-state index contributed by atoms with van der Waals surface area (Å²) in [5, 5.41) is 6.63. The first-order valence-electron chi connectivity index (χ1n) is 11.5. The van der Waals surface area contributed by atoms with Crippen LogP contribution in [0, 0.1) is 13.8 Å². The van der Waals surface area contributed by atoms with Crippen molar-refractivity contribution in [1.82, 2.24) is 9.55 Å². The molecule has 7 nitrogen and oxygen atoms in total. The SMILES string of the molecule is COc1ccc(OC)c([C@H]2Nc3nc4ccccc4n3C(C)=C2C(=O)Nc2ccc(C)cc2C)c1. The number of methoxy groups -OCH3 is 2. The maximum atomic E-state index is 13.9. The zero-order chi connectivity index (χ0) is 24.7. The van der Waals surface area contributed by atoms with Gasteiger partial charge in [-0.1, -0.05) is 29.8 Å².